The van der Waals surface area contributed by atoms with Crippen molar-refractivity contribution in [3.8, 4) is 0 Å². The maximum absolute atomic E-state index is 9.32. The highest BCUT2D eigenvalue weighted by molar-refractivity contribution is 7.19. The van der Waals surface area contributed by atoms with Gasteiger partial charge in [-0.05, 0) is 78.4 Å². The molecule has 1 aliphatic rings. The van der Waals surface area contributed by atoms with Crippen molar-refractivity contribution >= 4 is 53.9 Å². The first-order valence-electron chi connectivity index (χ1n) is 12.7. The minimum absolute atomic E-state index is 0.295. The van der Waals surface area contributed by atoms with Gasteiger partial charge < -0.3 is 0 Å². The molecule has 0 atom stereocenters. The summed E-state index contributed by atoms with van der Waals surface area (Å²) in [6, 6.07) is 16.2. The van der Waals surface area contributed by atoms with E-state index in [0.717, 1.165) is 73.1 Å². The average Bonchev–Trinajstić information content (AvgIpc) is 3.25. The highest BCUT2D eigenvalue weighted by atomic mass is 32.1. The molecule has 30 heavy (non-hydrogen) atoms. The number of hydrogen-bond donors (Lipinski definition) is 0. The molecule has 0 amide bonds. The summed E-state index contributed by atoms with van der Waals surface area (Å²) >= 11 is 1.70. The van der Waals surface area contributed by atoms with Gasteiger partial charge in [0.15, 0.2) is 0 Å². The van der Waals surface area contributed by atoms with E-state index in [0.29, 0.717) is 11.0 Å². The molecule has 1 fully saturated rings. The van der Waals surface area contributed by atoms with E-state index in [4.69, 9.17) is 4.11 Å². The van der Waals surface area contributed by atoms with Gasteiger partial charge in [0.1, 0.15) is 0 Å². The third-order valence-electron chi connectivity index (χ3n) is 6.93. The van der Waals surface area contributed by atoms with Crippen molar-refractivity contribution in [3.05, 3.63) is 65.2 Å². The van der Waals surface area contributed by atoms with Gasteiger partial charge in [0, 0.05) is 42.8 Å². The van der Waals surface area contributed by atoms with E-state index in [9.17, 15) is 1.37 Å². The standard InChI is InChI=1S/C28H27NS/c1-17-12-15-29-27-21-7-5-4-6-19(21)20-8-9-23-22(26(20)25(17)27)16-24(30-23)18-10-13-28(2,3)14-11-18/h4-9,12,15-16,18H,10-11,13-14H2,1-3H3/i1D3,18D. The van der Waals surface area contributed by atoms with Crippen LogP contribution in [-0.4, -0.2) is 4.98 Å². The Morgan fingerprint density at radius 2 is 1.77 bits per heavy atom. The minimum atomic E-state index is -2.25. The lowest BCUT2D eigenvalue weighted by molar-refractivity contribution is 0.226. The maximum Gasteiger partial charge on any atom is 0.0789 e. The fraction of sp³-hybridized carbons (Fsp3) is 0.321. The lowest BCUT2D eigenvalue weighted by Gasteiger charge is -2.33. The van der Waals surface area contributed by atoms with Gasteiger partial charge in [-0.3, -0.25) is 4.98 Å². The van der Waals surface area contributed by atoms with Gasteiger partial charge in [0.2, 0.25) is 0 Å². The Morgan fingerprint density at radius 1 is 0.967 bits per heavy atom. The summed E-state index contributed by atoms with van der Waals surface area (Å²) < 4.78 is 35.2. The molecule has 2 heterocycles. The zero-order chi connectivity index (χ0) is 23.9. The Labute approximate surface area is 187 Å². The Bertz CT molecular complexity index is 1590. The summed E-state index contributed by atoms with van der Waals surface area (Å²) in [6.07, 6.45) is 5.43. The second kappa shape index (κ2) is 6.52. The zero-order valence-corrected chi connectivity index (χ0v) is 18.2. The fourth-order valence-electron chi connectivity index (χ4n) is 5.10. The van der Waals surface area contributed by atoms with Crippen LogP contribution in [0.3, 0.4) is 0 Å². The molecule has 1 saturated carbocycles. The SMILES string of the molecule is [2H]C([2H])([2H])c1ccnc2c3ccccc3c3ccc4sc(C5([2H])CCC(C)(C)CC5)cc4c3c12. The number of benzene rings is 3. The van der Waals surface area contributed by atoms with Crippen LogP contribution in [0.2, 0.25) is 0 Å². The van der Waals surface area contributed by atoms with Gasteiger partial charge in [-0.2, -0.15) is 0 Å². The van der Waals surface area contributed by atoms with Crippen molar-refractivity contribution < 1.29 is 5.48 Å². The molecule has 2 heteroatoms. The van der Waals surface area contributed by atoms with Gasteiger partial charge in [0.25, 0.3) is 0 Å². The van der Waals surface area contributed by atoms with Gasteiger partial charge in [-0.25, -0.2) is 0 Å². The molecule has 6 rings (SSSR count). The van der Waals surface area contributed by atoms with Crippen LogP contribution < -0.4 is 0 Å². The summed E-state index contributed by atoms with van der Waals surface area (Å²) in [7, 11) is 0. The molecule has 0 aliphatic heterocycles. The topological polar surface area (TPSA) is 12.9 Å². The number of aromatic nitrogens is 1. The number of rotatable bonds is 1. The van der Waals surface area contributed by atoms with Gasteiger partial charge in [0.05, 0.1) is 5.52 Å². The third-order valence-corrected chi connectivity index (χ3v) is 8.13. The van der Waals surface area contributed by atoms with E-state index in [1.54, 1.807) is 23.6 Å². The predicted octanol–water partition coefficient (Wildman–Crippen LogP) is 8.75. The molecule has 0 saturated heterocycles. The first-order chi connectivity index (χ1) is 16.1. The molecule has 0 unspecified atom stereocenters. The summed E-state index contributed by atoms with van der Waals surface area (Å²) in [6.45, 7) is 2.35. The molecule has 0 spiro atoms. The molecule has 5 aromatic rings. The van der Waals surface area contributed by atoms with Crippen LogP contribution in [0.5, 0.6) is 0 Å². The molecular formula is C28H27NS. The summed E-state index contributed by atoms with van der Waals surface area (Å²) in [5.41, 5.74) is 1.37. The smallest absolute Gasteiger partial charge is 0.0789 e. The van der Waals surface area contributed by atoms with E-state index in [1.165, 1.54) is 0 Å². The minimum Gasteiger partial charge on any atom is -0.256 e. The van der Waals surface area contributed by atoms with Crippen molar-refractivity contribution in [1.82, 2.24) is 4.98 Å². The van der Waals surface area contributed by atoms with Crippen molar-refractivity contribution in [2.24, 2.45) is 5.41 Å². The normalized spacial score (nSPS) is 20.9. The van der Waals surface area contributed by atoms with Gasteiger partial charge in [-0.15, -0.1) is 11.3 Å². The highest BCUT2D eigenvalue weighted by Crippen LogP contribution is 2.47. The van der Waals surface area contributed by atoms with Crippen molar-refractivity contribution in [3.63, 3.8) is 0 Å². The lowest BCUT2D eigenvalue weighted by atomic mass is 9.73. The van der Waals surface area contributed by atoms with Crippen LogP contribution in [0.25, 0.3) is 42.5 Å². The molecule has 3 aromatic carbocycles. The van der Waals surface area contributed by atoms with E-state index in [1.807, 2.05) is 18.2 Å². The molecule has 150 valence electrons. The van der Waals surface area contributed by atoms with E-state index in [-0.39, 0.29) is 0 Å². The number of nitrogens with zero attached hydrogens (tertiary/aromatic N) is 1. The van der Waals surface area contributed by atoms with E-state index in [2.05, 4.69) is 43.1 Å². The highest BCUT2D eigenvalue weighted by Gasteiger charge is 2.28. The number of pyridine rings is 1. The van der Waals surface area contributed by atoms with Crippen molar-refractivity contribution in [2.45, 2.75) is 52.3 Å². The van der Waals surface area contributed by atoms with Crippen LogP contribution in [0.15, 0.2) is 54.7 Å². The van der Waals surface area contributed by atoms with Crippen molar-refractivity contribution in [1.29, 1.82) is 0 Å². The molecule has 0 bridgehead atoms. The van der Waals surface area contributed by atoms with Crippen molar-refractivity contribution in [2.75, 3.05) is 0 Å². The quantitative estimate of drug-likeness (QED) is 0.250. The van der Waals surface area contributed by atoms with Crippen LogP contribution in [-0.2, 0) is 0 Å². The van der Waals surface area contributed by atoms with Gasteiger partial charge in [-0.1, -0.05) is 44.2 Å². The zero-order valence-electron chi connectivity index (χ0n) is 21.4. The van der Waals surface area contributed by atoms with E-state index >= 15 is 0 Å². The van der Waals surface area contributed by atoms with E-state index < -0.39 is 12.7 Å². The number of thiophene rings is 1. The second-order valence-corrected chi connectivity index (χ2v) is 10.5. The molecule has 1 aliphatic carbocycles. The number of fused-ring (bicyclic) bond motifs is 8. The fourth-order valence-corrected chi connectivity index (χ4v) is 6.27. The molecular weight excluding hydrogens is 382 g/mol. The Balaban J connectivity index is 1.73. The monoisotopic (exact) mass is 413 g/mol. The largest absolute Gasteiger partial charge is 0.256 e. The Morgan fingerprint density at radius 3 is 2.57 bits per heavy atom. The summed E-state index contributed by atoms with van der Waals surface area (Å²) in [4.78, 5) is 5.77. The first-order valence-corrected chi connectivity index (χ1v) is 11.6. The average molecular weight is 414 g/mol. The van der Waals surface area contributed by atoms with Crippen LogP contribution in [0, 0.1) is 12.3 Å². The van der Waals surface area contributed by atoms with Crippen LogP contribution >= 0.6 is 11.3 Å². The number of hydrogen-bond acceptors (Lipinski definition) is 2. The summed E-state index contributed by atoms with van der Waals surface area (Å²) in [5, 5.41) is 5.81. The molecule has 0 N–H and O–H groups in total. The summed E-state index contributed by atoms with van der Waals surface area (Å²) in [5.74, 6) is -0.580. The lowest BCUT2D eigenvalue weighted by Crippen LogP contribution is -2.19. The Hall–Kier alpha value is -2.45. The Kier molecular flexibility index (Phi) is 3.16. The third kappa shape index (κ3) is 2.70. The molecule has 0 radical (unpaired) electrons. The number of aryl methyl sites for hydroxylation is 1. The second-order valence-electron chi connectivity index (χ2n) is 9.41. The van der Waals surface area contributed by atoms with Crippen LogP contribution in [0.1, 0.15) is 61.3 Å². The van der Waals surface area contributed by atoms with Crippen LogP contribution in [0.4, 0.5) is 0 Å². The molecule has 1 nitrogen and oxygen atoms in total. The molecule has 2 aromatic heterocycles. The van der Waals surface area contributed by atoms with Gasteiger partial charge >= 0.3 is 0 Å². The predicted molar refractivity (Wildman–Crippen MR) is 132 cm³/mol. The maximum atomic E-state index is 9.32. The first kappa shape index (κ1) is 14.5.